The average molecular weight is 257 g/mol. The molecule has 0 spiro atoms. The van der Waals surface area contributed by atoms with Crippen LogP contribution in [-0.2, 0) is 6.54 Å². The lowest BCUT2D eigenvalue weighted by Crippen LogP contribution is -2.19. The number of hydrogen-bond acceptors (Lipinski definition) is 4. The quantitative estimate of drug-likeness (QED) is 0.894. The largest absolute Gasteiger partial charge is 0.497 e. The van der Waals surface area contributed by atoms with Gasteiger partial charge in [-0.3, -0.25) is 9.97 Å². The fourth-order valence-electron chi connectivity index (χ4n) is 1.92. The van der Waals surface area contributed by atoms with Gasteiger partial charge in [0.2, 0.25) is 0 Å². The van der Waals surface area contributed by atoms with Crippen LogP contribution in [0.3, 0.4) is 0 Å². The topological polar surface area (TPSA) is 47.0 Å². The van der Waals surface area contributed by atoms with Crippen molar-refractivity contribution in [1.29, 1.82) is 0 Å². The fraction of sp³-hybridized carbons (Fsp3) is 0.333. The van der Waals surface area contributed by atoms with E-state index in [1.807, 2.05) is 31.3 Å². The number of pyridine rings is 2. The van der Waals surface area contributed by atoms with Gasteiger partial charge in [-0.25, -0.2) is 0 Å². The molecular weight excluding hydrogens is 238 g/mol. The van der Waals surface area contributed by atoms with E-state index in [-0.39, 0.29) is 6.04 Å². The summed E-state index contributed by atoms with van der Waals surface area (Å²) in [4.78, 5) is 8.62. The molecular formula is C15H19N3O. The highest BCUT2D eigenvalue weighted by Gasteiger charge is 2.06. The average Bonchev–Trinajstić information content (AvgIpc) is 2.45. The normalized spacial score (nSPS) is 12.2. The molecule has 0 saturated heterocycles. The second-order valence-corrected chi connectivity index (χ2v) is 4.53. The molecule has 2 aromatic rings. The predicted molar refractivity (Wildman–Crippen MR) is 75.0 cm³/mol. The highest BCUT2D eigenvalue weighted by Crippen LogP contribution is 2.15. The summed E-state index contributed by atoms with van der Waals surface area (Å²) in [6, 6.07) is 8.13. The van der Waals surface area contributed by atoms with Gasteiger partial charge in [-0.1, -0.05) is 6.07 Å². The Labute approximate surface area is 113 Å². The summed E-state index contributed by atoms with van der Waals surface area (Å²) in [5, 5.41) is 3.44. The molecule has 19 heavy (non-hydrogen) atoms. The molecule has 1 unspecified atom stereocenters. The van der Waals surface area contributed by atoms with Gasteiger partial charge in [0.05, 0.1) is 12.8 Å². The third-order valence-electron chi connectivity index (χ3n) is 2.99. The van der Waals surface area contributed by atoms with Gasteiger partial charge in [0.25, 0.3) is 0 Å². The molecule has 0 radical (unpaired) electrons. The fourth-order valence-corrected chi connectivity index (χ4v) is 1.92. The Hall–Kier alpha value is -1.94. The van der Waals surface area contributed by atoms with Crippen LogP contribution in [0.5, 0.6) is 5.75 Å². The van der Waals surface area contributed by atoms with Crippen molar-refractivity contribution in [3.05, 3.63) is 53.6 Å². The summed E-state index contributed by atoms with van der Waals surface area (Å²) < 4.78 is 5.25. The van der Waals surface area contributed by atoms with Crippen LogP contribution in [0.1, 0.15) is 29.9 Å². The molecule has 0 fully saturated rings. The Bertz CT molecular complexity index is 528. The Kier molecular flexibility index (Phi) is 4.47. The minimum absolute atomic E-state index is 0.238. The van der Waals surface area contributed by atoms with Crippen molar-refractivity contribution in [2.75, 3.05) is 7.11 Å². The van der Waals surface area contributed by atoms with Crippen LogP contribution in [0.15, 0.2) is 36.7 Å². The predicted octanol–water partition coefficient (Wildman–Crippen LogP) is 2.64. The summed E-state index contributed by atoms with van der Waals surface area (Å²) in [6.45, 7) is 4.79. The van der Waals surface area contributed by atoms with E-state index in [1.165, 1.54) is 5.56 Å². The van der Waals surface area contributed by atoms with Crippen molar-refractivity contribution in [1.82, 2.24) is 15.3 Å². The van der Waals surface area contributed by atoms with Crippen molar-refractivity contribution in [3.8, 4) is 5.75 Å². The summed E-state index contributed by atoms with van der Waals surface area (Å²) in [5.74, 6) is 0.846. The highest BCUT2D eigenvalue weighted by molar-refractivity contribution is 5.26. The number of rotatable bonds is 5. The second-order valence-electron chi connectivity index (χ2n) is 4.53. The summed E-state index contributed by atoms with van der Waals surface area (Å²) in [5.41, 5.74) is 3.11. The molecule has 0 aromatic carbocycles. The maximum absolute atomic E-state index is 5.25. The Morgan fingerprint density at radius 2 is 2.21 bits per heavy atom. The summed E-state index contributed by atoms with van der Waals surface area (Å²) >= 11 is 0. The highest BCUT2D eigenvalue weighted by atomic mass is 16.5. The second kappa shape index (κ2) is 6.29. The molecule has 100 valence electrons. The maximum atomic E-state index is 5.25. The minimum Gasteiger partial charge on any atom is -0.497 e. The molecule has 4 nitrogen and oxygen atoms in total. The number of hydrogen-bond donors (Lipinski definition) is 1. The third-order valence-corrected chi connectivity index (χ3v) is 2.99. The van der Waals surface area contributed by atoms with Gasteiger partial charge in [0.1, 0.15) is 5.75 Å². The Morgan fingerprint density at radius 1 is 1.37 bits per heavy atom. The SMILES string of the molecule is COc1cc(C)nc(CNC(C)c2cccnc2)c1. The molecule has 2 aromatic heterocycles. The molecule has 1 atom stereocenters. The van der Waals surface area contributed by atoms with Crippen LogP contribution in [-0.4, -0.2) is 17.1 Å². The van der Waals surface area contributed by atoms with Crippen molar-refractivity contribution in [2.24, 2.45) is 0 Å². The lowest BCUT2D eigenvalue weighted by Gasteiger charge is -2.14. The van der Waals surface area contributed by atoms with E-state index in [0.717, 1.165) is 17.1 Å². The first-order chi connectivity index (χ1) is 9.19. The van der Waals surface area contributed by atoms with Crippen molar-refractivity contribution >= 4 is 0 Å². The summed E-state index contributed by atoms with van der Waals surface area (Å²) in [6.07, 6.45) is 3.66. The molecule has 0 aliphatic rings. The molecule has 1 N–H and O–H groups in total. The standard InChI is InChI=1S/C15H19N3O/c1-11-7-15(19-3)8-14(18-11)10-17-12(2)13-5-4-6-16-9-13/h4-9,12,17H,10H2,1-3H3. The van der Waals surface area contributed by atoms with E-state index >= 15 is 0 Å². The number of nitrogens with one attached hydrogen (secondary N) is 1. The van der Waals surface area contributed by atoms with Crippen LogP contribution >= 0.6 is 0 Å². The Morgan fingerprint density at radius 3 is 2.89 bits per heavy atom. The third kappa shape index (κ3) is 3.76. The molecule has 2 heterocycles. The van der Waals surface area contributed by atoms with E-state index < -0.39 is 0 Å². The van der Waals surface area contributed by atoms with Crippen molar-refractivity contribution < 1.29 is 4.74 Å². The molecule has 0 amide bonds. The molecule has 0 bridgehead atoms. The lowest BCUT2D eigenvalue weighted by molar-refractivity contribution is 0.412. The van der Waals surface area contributed by atoms with Gasteiger partial charge in [0.15, 0.2) is 0 Å². The zero-order chi connectivity index (χ0) is 13.7. The van der Waals surface area contributed by atoms with Gasteiger partial charge < -0.3 is 10.1 Å². The minimum atomic E-state index is 0.238. The monoisotopic (exact) mass is 257 g/mol. The van der Waals surface area contributed by atoms with Gasteiger partial charge in [0, 0.05) is 42.8 Å². The van der Waals surface area contributed by atoms with E-state index in [2.05, 4.69) is 28.3 Å². The molecule has 0 aliphatic heterocycles. The summed E-state index contributed by atoms with van der Waals surface area (Å²) in [7, 11) is 1.67. The molecule has 2 rings (SSSR count). The molecule has 0 aliphatic carbocycles. The van der Waals surface area contributed by atoms with E-state index in [0.29, 0.717) is 6.54 Å². The Balaban J connectivity index is 2.01. The van der Waals surface area contributed by atoms with Crippen LogP contribution in [0.25, 0.3) is 0 Å². The number of aromatic nitrogens is 2. The van der Waals surface area contributed by atoms with E-state index in [4.69, 9.17) is 4.74 Å². The van der Waals surface area contributed by atoms with Crippen molar-refractivity contribution in [2.45, 2.75) is 26.4 Å². The van der Waals surface area contributed by atoms with E-state index in [9.17, 15) is 0 Å². The zero-order valence-corrected chi connectivity index (χ0v) is 11.6. The van der Waals surface area contributed by atoms with Crippen LogP contribution in [0.4, 0.5) is 0 Å². The maximum Gasteiger partial charge on any atom is 0.122 e. The van der Waals surface area contributed by atoms with Gasteiger partial charge in [-0.15, -0.1) is 0 Å². The van der Waals surface area contributed by atoms with Crippen molar-refractivity contribution in [3.63, 3.8) is 0 Å². The van der Waals surface area contributed by atoms with Crippen LogP contribution in [0.2, 0.25) is 0 Å². The first-order valence-electron chi connectivity index (χ1n) is 6.34. The molecule has 4 heteroatoms. The smallest absolute Gasteiger partial charge is 0.122 e. The number of ether oxygens (including phenoxy) is 1. The van der Waals surface area contributed by atoms with Gasteiger partial charge in [-0.2, -0.15) is 0 Å². The lowest BCUT2D eigenvalue weighted by atomic mass is 10.1. The van der Waals surface area contributed by atoms with E-state index in [1.54, 1.807) is 13.3 Å². The first kappa shape index (κ1) is 13.5. The van der Waals surface area contributed by atoms with Crippen LogP contribution in [0, 0.1) is 6.92 Å². The van der Waals surface area contributed by atoms with Gasteiger partial charge in [-0.05, 0) is 25.5 Å². The zero-order valence-electron chi connectivity index (χ0n) is 11.6. The number of aryl methyl sites for hydroxylation is 1. The van der Waals surface area contributed by atoms with Gasteiger partial charge >= 0.3 is 0 Å². The molecule has 0 saturated carbocycles. The van der Waals surface area contributed by atoms with Crippen LogP contribution < -0.4 is 10.1 Å². The number of methoxy groups -OCH3 is 1. The first-order valence-corrected chi connectivity index (χ1v) is 6.34. The number of nitrogens with zero attached hydrogens (tertiary/aromatic N) is 2.